The van der Waals surface area contributed by atoms with Crippen LogP contribution in [0.15, 0.2) is 66.7 Å². The Bertz CT molecular complexity index is 1070. The van der Waals surface area contributed by atoms with E-state index in [9.17, 15) is 9.59 Å². The molecule has 0 saturated heterocycles. The van der Waals surface area contributed by atoms with Gasteiger partial charge in [-0.25, -0.2) is 0 Å². The zero-order valence-electron chi connectivity index (χ0n) is 18.9. The van der Waals surface area contributed by atoms with E-state index in [0.717, 1.165) is 33.8 Å². The summed E-state index contributed by atoms with van der Waals surface area (Å²) in [5.74, 6) is 0.853. The molecule has 3 aromatic rings. The Morgan fingerprint density at radius 2 is 1.50 bits per heavy atom. The summed E-state index contributed by atoms with van der Waals surface area (Å²) < 4.78 is 5.97. The molecule has 2 N–H and O–H groups in total. The molecule has 0 spiro atoms. The minimum Gasteiger partial charge on any atom is -0.455 e. The van der Waals surface area contributed by atoms with Crippen LogP contribution in [0.3, 0.4) is 0 Å². The van der Waals surface area contributed by atoms with Gasteiger partial charge in [-0.1, -0.05) is 48.0 Å². The molecule has 0 unspecified atom stereocenters. The van der Waals surface area contributed by atoms with Gasteiger partial charge in [-0.3, -0.25) is 9.59 Å². The van der Waals surface area contributed by atoms with Crippen molar-refractivity contribution in [2.75, 3.05) is 30.4 Å². The normalized spacial score (nSPS) is 10.4. The van der Waals surface area contributed by atoms with E-state index >= 15 is 0 Å². The number of para-hydroxylation sites is 3. The van der Waals surface area contributed by atoms with E-state index in [4.69, 9.17) is 4.74 Å². The quantitative estimate of drug-likeness (QED) is 0.547. The molecular weight excluding hydrogens is 402 g/mol. The molecule has 3 aromatic carbocycles. The van der Waals surface area contributed by atoms with Crippen molar-refractivity contribution in [3.8, 4) is 11.5 Å². The van der Waals surface area contributed by atoms with Crippen LogP contribution in [0.5, 0.6) is 11.5 Å². The molecule has 0 aromatic heterocycles. The van der Waals surface area contributed by atoms with Crippen LogP contribution in [-0.2, 0) is 9.59 Å². The first-order valence-corrected chi connectivity index (χ1v) is 10.5. The van der Waals surface area contributed by atoms with Crippen molar-refractivity contribution in [2.24, 2.45) is 0 Å². The maximum absolute atomic E-state index is 12.5. The van der Waals surface area contributed by atoms with Crippen LogP contribution in [0, 0.1) is 20.8 Å². The average Bonchev–Trinajstić information content (AvgIpc) is 2.76. The summed E-state index contributed by atoms with van der Waals surface area (Å²) in [5.41, 5.74) is 4.71. The van der Waals surface area contributed by atoms with Gasteiger partial charge < -0.3 is 20.3 Å². The number of aryl methyl sites for hydroxylation is 3. The minimum atomic E-state index is -0.260. The minimum absolute atomic E-state index is 0.0883. The number of nitrogens with one attached hydrogen (secondary N) is 2. The lowest BCUT2D eigenvalue weighted by Gasteiger charge is -2.22. The number of hydrogen-bond donors (Lipinski definition) is 2. The van der Waals surface area contributed by atoms with E-state index in [1.807, 2.05) is 94.5 Å². The lowest BCUT2D eigenvalue weighted by atomic mass is 10.1. The van der Waals surface area contributed by atoms with Crippen molar-refractivity contribution in [3.63, 3.8) is 0 Å². The van der Waals surface area contributed by atoms with E-state index in [-0.39, 0.29) is 24.9 Å². The topological polar surface area (TPSA) is 70.7 Å². The lowest BCUT2D eigenvalue weighted by Crippen LogP contribution is -2.39. The van der Waals surface area contributed by atoms with Gasteiger partial charge in [-0.15, -0.1) is 0 Å². The van der Waals surface area contributed by atoms with E-state index in [2.05, 4.69) is 10.6 Å². The Morgan fingerprint density at radius 3 is 2.19 bits per heavy atom. The van der Waals surface area contributed by atoms with Crippen molar-refractivity contribution >= 4 is 23.2 Å². The Hall–Kier alpha value is -3.80. The SMILES string of the molecule is Cc1cc(C)c(NC(=O)CNC(=O)CN(C)c2ccccc2Oc2ccccc2)c(C)c1. The molecule has 2 amide bonds. The summed E-state index contributed by atoms with van der Waals surface area (Å²) in [4.78, 5) is 26.6. The van der Waals surface area contributed by atoms with Crippen LogP contribution in [0.2, 0.25) is 0 Å². The average molecular weight is 432 g/mol. The zero-order valence-corrected chi connectivity index (χ0v) is 18.9. The van der Waals surface area contributed by atoms with E-state index < -0.39 is 0 Å². The monoisotopic (exact) mass is 431 g/mol. The van der Waals surface area contributed by atoms with Crippen molar-refractivity contribution in [1.82, 2.24) is 5.32 Å². The first-order valence-electron chi connectivity index (χ1n) is 10.5. The van der Waals surface area contributed by atoms with Crippen molar-refractivity contribution in [2.45, 2.75) is 20.8 Å². The van der Waals surface area contributed by atoms with Crippen molar-refractivity contribution in [1.29, 1.82) is 0 Å². The standard InChI is InChI=1S/C26H29N3O3/c1-18-14-19(2)26(20(3)15-18)28-24(30)16-27-25(31)17-29(4)22-12-8-9-13-23(22)32-21-10-6-5-7-11-21/h5-15H,16-17H2,1-4H3,(H,27,31)(H,28,30). The predicted molar refractivity (Wildman–Crippen MR) is 129 cm³/mol. The Balaban J connectivity index is 1.56. The number of hydrogen-bond acceptors (Lipinski definition) is 4. The van der Waals surface area contributed by atoms with Gasteiger partial charge in [0, 0.05) is 12.7 Å². The van der Waals surface area contributed by atoms with Crippen LogP contribution in [-0.4, -0.2) is 32.0 Å². The maximum atomic E-state index is 12.5. The Morgan fingerprint density at radius 1 is 0.875 bits per heavy atom. The summed E-state index contributed by atoms with van der Waals surface area (Å²) in [6.07, 6.45) is 0. The first-order chi connectivity index (χ1) is 15.3. The van der Waals surface area contributed by atoms with Gasteiger partial charge in [0.25, 0.3) is 0 Å². The van der Waals surface area contributed by atoms with E-state index in [1.165, 1.54) is 0 Å². The maximum Gasteiger partial charge on any atom is 0.243 e. The van der Waals surface area contributed by atoms with Gasteiger partial charge in [0.05, 0.1) is 18.8 Å². The number of carbonyl (C=O) groups is 2. The van der Waals surface area contributed by atoms with Gasteiger partial charge in [-0.2, -0.15) is 0 Å². The molecule has 3 rings (SSSR count). The highest BCUT2D eigenvalue weighted by atomic mass is 16.5. The first kappa shape index (κ1) is 22.9. The number of benzene rings is 3. The number of amides is 2. The molecule has 0 aliphatic carbocycles. The van der Waals surface area contributed by atoms with Crippen LogP contribution in [0.1, 0.15) is 16.7 Å². The molecule has 0 aliphatic rings. The number of likely N-dealkylation sites (N-methyl/N-ethyl adjacent to an activating group) is 1. The Labute approximate surface area is 189 Å². The molecule has 0 bridgehead atoms. The third-order valence-corrected chi connectivity index (χ3v) is 5.02. The number of carbonyl (C=O) groups excluding carboxylic acids is 2. The predicted octanol–water partition coefficient (Wildman–Crippen LogP) is 4.60. The fraction of sp³-hybridized carbons (Fsp3) is 0.231. The second-order valence-corrected chi connectivity index (χ2v) is 7.84. The molecular formula is C26H29N3O3. The highest BCUT2D eigenvalue weighted by Crippen LogP contribution is 2.31. The number of nitrogens with zero attached hydrogens (tertiary/aromatic N) is 1. The van der Waals surface area contributed by atoms with Gasteiger partial charge in [0.2, 0.25) is 11.8 Å². The van der Waals surface area contributed by atoms with Crippen LogP contribution in [0.4, 0.5) is 11.4 Å². The Kier molecular flexibility index (Phi) is 7.49. The molecule has 0 saturated carbocycles. The second-order valence-electron chi connectivity index (χ2n) is 7.84. The van der Waals surface area contributed by atoms with Crippen LogP contribution >= 0.6 is 0 Å². The highest BCUT2D eigenvalue weighted by Gasteiger charge is 2.14. The summed E-state index contributed by atoms with van der Waals surface area (Å²) >= 11 is 0. The highest BCUT2D eigenvalue weighted by molar-refractivity contribution is 5.96. The molecule has 0 heterocycles. The third kappa shape index (κ3) is 6.11. The molecule has 6 nitrogen and oxygen atoms in total. The summed E-state index contributed by atoms with van der Waals surface area (Å²) in [6, 6.07) is 21.0. The molecule has 6 heteroatoms. The summed E-state index contributed by atoms with van der Waals surface area (Å²) in [5, 5.41) is 5.58. The summed E-state index contributed by atoms with van der Waals surface area (Å²) in [6.45, 7) is 5.92. The fourth-order valence-electron chi connectivity index (χ4n) is 3.57. The lowest BCUT2D eigenvalue weighted by molar-refractivity contribution is -0.123. The van der Waals surface area contributed by atoms with E-state index in [1.54, 1.807) is 4.90 Å². The number of ether oxygens (including phenoxy) is 1. The zero-order chi connectivity index (χ0) is 23.1. The van der Waals surface area contributed by atoms with Crippen LogP contribution in [0.25, 0.3) is 0 Å². The number of anilines is 2. The van der Waals surface area contributed by atoms with E-state index in [0.29, 0.717) is 5.75 Å². The molecule has 166 valence electrons. The van der Waals surface area contributed by atoms with Crippen LogP contribution < -0.4 is 20.3 Å². The molecule has 0 aliphatic heterocycles. The van der Waals surface area contributed by atoms with Gasteiger partial charge in [-0.05, 0) is 56.2 Å². The molecule has 0 radical (unpaired) electrons. The molecule has 0 atom stereocenters. The third-order valence-electron chi connectivity index (χ3n) is 5.02. The van der Waals surface area contributed by atoms with Crippen molar-refractivity contribution in [3.05, 3.63) is 83.4 Å². The molecule has 0 fully saturated rings. The molecule has 32 heavy (non-hydrogen) atoms. The largest absolute Gasteiger partial charge is 0.455 e. The van der Waals surface area contributed by atoms with Gasteiger partial charge in [0.1, 0.15) is 5.75 Å². The van der Waals surface area contributed by atoms with Crippen molar-refractivity contribution < 1.29 is 14.3 Å². The second kappa shape index (κ2) is 10.5. The van der Waals surface area contributed by atoms with Gasteiger partial charge >= 0.3 is 0 Å². The fourth-order valence-corrected chi connectivity index (χ4v) is 3.57. The summed E-state index contributed by atoms with van der Waals surface area (Å²) in [7, 11) is 1.81. The van der Waals surface area contributed by atoms with Gasteiger partial charge in [0.15, 0.2) is 5.75 Å². The number of rotatable bonds is 8. The smallest absolute Gasteiger partial charge is 0.243 e.